The third kappa shape index (κ3) is 2.65. The first-order valence-corrected chi connectivity index (χ1v) is 6.26. The number of anilines is 1. The number of nitrogens with one attached hydrogen (secondary N) is 2. The minimum Gasteiger partial charge on any atom is -0.370 e. The van der Waals surface area contributed by atoms with E-state index in [0.29, 0.717) is 11.0 Å². The number of benzene rings is 1. The van der Waals surface area contributed by atoms with Crippen molar-refractivity contribution < 1.29 is 0 Å². The molecule has 0 spiro atoms. The van der Waals surface area contributed by atoms with Crippen LogP contribution in [-0.2, 0) is 0 Å². The number of nitriles is 1. The third-order valence-electron chi connectivity index (χ3n) is 2.99. The van der Waals surface area contributed by atoms with Crippen LogP contribution in [-0.4, -0.2) is 11.5 Å². The Balaban J connectivity index is 2.21. The lowest BCUT2D eigenvalue weighted by molar-refractivity contribution is 0.389. The van der Waals surface area contributed by atoms with E-state index >= 15 is 0 Å². The molecule has 1 aromatic carbocycles. The Morgan fingerprint density at radius 2 is 2.00 bits per heavy atom. The van der Waals surface area contributed by atoms with E-state index in [1.807, 2.05) is 24.3 Å². The average Bonchev–Trinajstić information content (AvgIpc) is 2.64. The van der Waals surface area contributed by atoms with Gasteiger partial charge in [0.2, 0.25) is 0 Å². The van der Waals surface area contributed by atoms with Gasteiger partial charge in [-0.2, -0.15) is 5.26 Å². The molecule has 2 N–H and O–H groups in total. The summed E-state index contributed by atoms with van der Waals surface area (Å²) in [4.78, 5) is 3.27. The largest absolute Gasteiger partial charge is 0.370 e. The van der Waals surface area contributed by atoms with Crippen LogP contribution >= 0.6 is 0 Å². The van der Waals surface area contributed by atoms with Gasteiger partial charge in [0.05, 0.1) is 0 Å². The van der Waals surface area contributed by atoms with E-state index in [1.165, 1.54) is 0 Å². The summed E-state index contributed by atoms with van der Waals surface area (Å²) >= 11 is 0. The molecule has 2 rings (SSSR count). The molecule has 0 aliphatic rings. The lowest BCUT2D eigenvalue weighted by Gasteiger charge is -2.18. The molecule has 1 heterocycles. The van der Waals surface area contributed by atoms with Crippen LogP contribution in [0.2, 0.25) is 0 Å². The highest BCUT2D eigenvalue weighted by Crippen LogP contribution is 2.26. The lowest BCUT2D eigenvalue weighted by Crippen LogP contribution is -2.13. The van der Waals surface area contributed by atoms with Crippen LogP contribution < -0.4 is 5.32 Å². The van der Waals surface area contributed by atoms with Gasteiger partial charge in [0.25, 0.3) is 0 Å². The molecule has 0 saturated heterocycles. The molecule has 0 fully saturated rings. The summed E-state index contributed by atoms with van der Waals surface area (Å²) in [7, 11) is 0. The number of para-hydroxylation sites is 1. The number of rotatable bonds is 3. The highest BCUT2D eigenvalue weighted by atomic mass is 15.0. The van der Waals surface area contributed by atoms with Crippen LogP contribution in [0.1, 0.15) is 32.8 Å². The van der Waals surface area contributed by atoms with E-state index in [1.54, 1.807) is 0 Å². The standard InChI is InChI=1S/C15H19N3/c1-15(2,3)8-9-17-14-12(10-16)11-6-4-5-7-13(11)18-14/h4-7,17-18H,8-9H2,1-3H3. The van der Waals surface area contributed by atoms with Crippen molar-refractivity contribution in [2.75, 3.05) is 11.9 Å². The molecule has 3 heteroatoms. The molecule has 3 nitrogen and oxygen atoms in total. The topological polar surface area (TPSA) is 51.6 Å². The monoisotopic (exact) mass is 241 g/mol. The van der Waals surface area contributed by atoms with Crippen molar-refractivity contribution in [2.24, 2.45) is 5.41 Å². The number of fused-ring (bicyclic) bond motifs is 1. The van der Waals surface area contributed by atoms with Crippen LogP contribution in [0.15, 0.2) is 24.3 Å². The molecular weight excluding hydrogens is 222 g/mol. The summed E-state index contributed by atoms with van der Waals surface area (Å²) in [6, 6.07) is 10.2. The minimum atomic E-state index is 0.297. The van der Waals surface area contributed by atoms with Crippen molar-refractivity contribution in [1.29, 1.82) is 5.26 Å². The second kappa shape index (κ2) is 4.73. The van der Waals surface area contributed by atoms with Crippen LogP contribution in [0.3, 0.4) is 0 Å². The minimum absolute atomic E-state index is 0.297. The fourth-order valence-electron chi connectivity index (χ4n) is 1.95. The van der Waals surface area contributed by atoms with Crippen LogP contribution in [0.5, 0.6) is 0 Å². The normalized spacial score (nSPS) is 11.4. The molecule has 0 aliphatic carbocycles. The molecule has 0 atom stereocenters. The second-order valence-corrected chi connectivity index (χ2v) is 5.77. The molecule has 0 radical (unpaired) electrons. The molecule has 2 aromatic rings. The third-order valence-corrected chi connectivity index (χ3v) is 2.99. The predicted molar refractivity (Wildman–Crippen MR) is 75.6 cm³/mol. The highest BCUT2D eigenvalue weighted by Gasteiger charge is 2.12. The Kier molecular flexibility index (Phi) is 3.29. The molecule has 1 aromatic heterocycles. The van der Waals surface area contributed by atoms with Crippen LogP contribution in [0, 0.1) is 16.7 Å². The van der Waals surface area contributed by atoms with Gasteiger partial charge in [-0.1, -0.05) is 39.0 Å². The van der Waals surface area contributed by atoms with Gasteiger partial charge in [0, 0.05) is 17.4 Å². The molecule has 0 aliphatic heterocycles. The predicted octanol–water partition coefficient (Wildman–Crippen LogP) is 3.89. The van der Waals surface area contributed by atoms with Gasteiger partial charge >= 0.3 is 0 Å². The Bertz CT molecular complexity index is 582. The van der Waals surface area contributed by atoms with Crippen LogP contribution in [0.25, 0.3) is 10.9 Å². The SMILES string of the molecule is CC(C)(C)CCNc1[nH]c2ccccc2c1C#N. The number of aromatic amines is 1. The van der Waals surface area contributed by atoms with Crippen molar-refractivity contribution in [3.63, 3.8) is 0 Å². The summed E-state index contributed by atoms with van der Waals surface area (Å²) < 4.78 is 0. The maximum atomic E-state index is 9.25. The van der Waals surface area contributed by atoms with E-state index in [0.717, 1.165) is 29.7 Å². The van der Waals surface area contributed by atoms with E-state index in [-0.39, 0.29) is 0 Å². The molecule has 94 valence electrons. The summed E-state index contributed by atoms with van der Waals surface area (Å²) in [6.07, 6.45) is 1.06. The lowest BCUT2D eigenvalue weighted by atomic mass is 9.92. The Hall–Kier alpha value is -1.95. The van der Waals surface area contributed by atoms with E-state index in [4.69, 9.17) is 0 Å². The van der Waals surface area contributed by atoms with E-state index in [2.05, 4.69) is 37.1 Å². The van der Waals surface area contributed by atoms with Crippen molar-refractivity contribution in [2.45, 2.75) is 27.2 Å². The number of aromatic nitrogens is 1. The van der Waals surface area contributed by atoms with Crippen molar-refractivity contribution in [3.05, 3.63) is 29.8 Å². The van der Waals surface area contributed by atoms with Crippen molar-refractivity contribution in [1.82, 2.24) is 4.98 Å². The molecule has 0 bridgehead atoms. The smallest absolute Gasteiger partial charge is 0.122 e. The van der Waals surface area contributed by atoms with Gasteiger partial charge in [-0.25, -0.2) is 0 Å². The second-order valence-electron chi connectivity index (χ2n) is 5.77. The number of hydrogen-bond donors (Lipinski definition) is 2. The maximum absolute atomic E-state index is 9.25. The molecule has 18 heavy (non-hydrogen) atoms. The molecular formula is C15H19N3. The fraction of sp³-hybridized carbons (Fsp3) is 0.400. The summed E-state index contributed by atoms with van der Waals surface area (Å²) in [6.45, 7) is 7.51. The van der Waals surface area contributed by atoms with Crippen molar-refractivity contribution in [3.8, 4) is 6.07 Å². The van der Waals surface area contributed by atoms with Crippen LogP contribution in [0.4, 0.5) is 5.82 Å². The van der Waals surface area contributed by atoms with Crippen molar-refractivity contribution >= 4 is 16.7 Å². The fourth-order valence-corrected chi connectivity index (χ4v) is 1.95. The Morgan fingerprint density at radius 3 is 2.67 bits per heavy atom. The van der Waals surface area contributed by atoms with Gasteiger partial charge < -0.3 is 10.3 Å². The molecule has 0 saturated carbocycles. The zero-order valence-electron chi connectivity index (χ0n) is 11.2. The van der Waals surface area contributed by atoms with E-state index in [9.17, 15) is 5.26 Å². The quantitative estimate of drug-likeness (QED) is 0.856. The first-order valence-electron chi connectivity index (χ1n) is 6.26. The first kappa shape index (κ1) is 12.5. The van der Waals surface area contributed by atoms with Gasteiger partial charge in [-0.05, 0) is 17.9 Å². The zero-order valence-corrected chi connectivity index (χ0v) is 11.2. The average molecular weight is 241 g/mol. The number of nitrogens with zero attached hydrogens (tertiary/aromatic N) is 1. The highest BCUT2D eigenvalue weighted by molar-refractivity contribution is 5.91. The summed E-state index contributed by atoms with van der Waals surface area (Å²) in [5.41, 5.74) is 2.01. The van der Waals surface area contributed by atoms with Gasteiger partial charge in [0.15, 0.2) is 0 Å². The number of hydrogen-bond acceptors (Lipinski definition) is 2. The van der Waals surface area contributed by atoms with E-state index < -0.39 is 0 Å². The molecule has 0 unspecified atom stereocenters. The Morgan fingerprint density at radius 1 is 1.28 bits per heavy atom. The maximum Gasteiger partial charge on any atom is 0.122 e. The zero-order chi connectivity index (χ0) is 13.2. The summed E-state index contributed by atoms with van der Waals surface area (Å²) in [5.74, 6) is 0.836. The summed E-state index contributed by atoms with van der Waals surface area (Å²) in [5, 5.41) is 13.6. The van der Waals surface area contributed by atoms with Gasteiger partial charge in [-0.15, -0.1) is 0 Å². The van der Waals surface area contributed by atoms with Gasteiger partial charge in [-0.3, -0.25) is 0 Å². The van der Waals surface area contributed by atoms with Gasteiger partial charge in [0.1, 0.15) is 17.5 Å². The molecule has 0 amide bonds. The Labute approximate surface area is 108 Å². The number of H-pyrrole nitrogens is 1. The first-order chi connectivity index (χ1) is 8.51.